The molecule has 0 spiro atoms. The van der Waals surface area contributed by atoms with E-state index in [4.69, 9.17) is 0 Å². The smallest absolute Gasteiger partial charge is 0.251 e. The minimum Gasteiger partial charge on any atom is -0.348 e. The maximum atomic E-state index is 11.7. The first-order valence-electron chi connectivity index (χ1n) is 6.16. The van der Waals surface area contributed by atoms with Crippen LogP contribution >= 0.6 is 11.3 Å². The van der Waals surface area contributed by atoms with Crippen LogP contribution in [-0.4, -0.2) is 23.3 Å². The van der Waals surface area contributed by atoms with Gasteiger partial charge < -0.3 is 10.6 Å². The fourth-order valence-corrected chi connectivity index (χ4v) is 2.28. The van der Waals surface area contributed by atoms with Gasteiger partial charge in [0.25, 0.3) is 5.91 Å². The minimum absolute atomic E-state index is 0.0436. The van der Waals surface area contributed by atoms with Crippen molar-refractivity contribution < 1.29 is 9.59 Å². The number of benzene rings is 1. The molecular weight excluding hydrogens is 274 g/mol. The summed E-state index contributed by atoms with van der Waals surface area (Å²) in [6.07, 6.45) is 0. The van der Waals surface area contributed by atoms with E-state index in [0.717, 1.165) is 10.7 Å². The number of carbonyl (C=O) groups excluding carboxylic acids is 2. The van der Waals surface area contributed by atoms with Crippen LogP contribution in [0, 0.1) is 6.92 Å². The topological polar surface area (TPSA) is 71.1 Å². The van der Waals surface area contributed by atoms with Crippen molar-refractivity contribution in [1.29, 1.82) is 0 Å². The van der Waals surface area contributed by atoms with Crippen LogP contribution in [0.3, 0.4) is 0 Å². The van der Waals surface area contributed by atoms with E-state index in [2.05, 4.69) is 15.6 Å². The van der Waals surface area contributed by atoms with Crippen LogP contribution in [0.2, 0.25) is 0 Å². The van der Waals surface area contributed by atoms with Crippen molar-refractivity contribution in [2.75, 3.05) is 6.54 Å². The Kier molecular flexibility index (Phi) is 4.84. The molecule has 2 amide bonds. The number of aromatic nitrogens is 1. The van der Waals surface area contributed by atoms with Crippen molar-refractivity contribution in [2.45, 2.75) is 13.5 Å². The first-order valence-corrected chi connectivity index (χ1v) is 7.04. The van der Waals surface area contributed by atoms with Crippen LogP contribution < -0.4 is 10.6 Å². The number of nitrogens with zero attached hydrogens (tertiary/aromatic N) is 1. The number of carbonyl (C=O) groups is 2. The quantitative estimate of drug-likeness (QED) is 0.876. The van der Waals surface area contributed by atoms with Gasteiger partial charge in [-0.05, 0) is 19.1 Å². The number of amides is 2. The second-order valence-electron chi connectivity index (χ2n) is 4.21. The average molecular weight is 289 g/mol. The van der Waals surface area contributed by atoms with E-state index < -0.39 is 0 Å². The number of rotatable bonds is 5. The molecule has 0 atom stereocenters. The second-order valence-corrected chi connectivity index (χ2v) is 5.15. The molecule has 0 aliphatic rings. The Morgan fingerprint density at radius 3 is 2.60 bits per heavy atom. The molecule has 0 radical (unpaired) electrons. The number of hydrogen-bond acceptors (Lipinski definition) is 4. The highest BCUT2D eigenvalue weighted by Crippen LogP contribution is 2.07. The summed E-state index contributed by atoms with van der Waals surface area (Å²) in [6, 6.07) is 8.79. The number of aryl methyl sites for hydroxylation is 1. The number of thiazole rings is 1. The van der Waals surface area contributed by atoms with Crippen LogP contribution in [0.5, 0.6) is 0 Å². The maximum Gasteiger partial charge on any atom is 0.251 e. The van der Waals surface area contributed by atoms with E-state index in [0.29, 0.717) is 12.1 Å². The van der Waals surface area contributed by atoms with Gasteiger partial charge in [0, 0.05) is 16.6 Å². The Morgan fingerprint density at radius 1 is 1.20 bits per heavy atom. The van der Waals surface area contributed by atoms with Gasteiger partial charge in [-0.3, -0.25) is 9.59 Å². The summed E-state index contributed by atoms with van der Waals surface area (Å²) in [5, 5.41) is 8.07. The predicted octanol–water partition coefficient (Wildman–Crippen LogP) is 1.50. The Balaban J connectivity index is 1.74. The summed E-state index contributed by atoms with van der Waals surface area (Å²) in [5.41, 5.74) is 1.48. The van der Waals surface area contributed by atoms with Crippen molar-refractivity contribution in [3.8, 4) is 0 Å². The largest absolute Gasteiger partial charge is 0.348 e. The van der Waals surface area contributed by atoms with E-state index in [1.165, 1.54) is 11.3 Å². The second kappa shape index (κ2) is 6.81. The van der Waals surface area contributed by atoms with Crippen molar-refractivity contribution >= 4 is 23.2 Å². The third kappa shape index (κ3) is 4.17. The molecule has 0 aliphatic carbocycles. The molecule has 0 bridgehead atoms. The number of nitrogens with one attached hydrogen (secondary N) is 2. The fourth-order valence-electron chi connectivity index (χ4n) is 1.57. The molecule has 6 heteroatoms. The van der Waals surface area contributed by atoms with E-state index >= 15 is 0 Å². The lowest BCUT2D eigenvalue weighted by Crippen LogP contribution is -2.36. The first-order chi connectivity index (χ1) is 9.65. The lowest BCUT2D eigenvalue weighted by atomic mass is 10.2. The molecule has 0 saturated carbocycles. The normalized spacial score (nSPS) is 10.1. The molecule has 2 N–H and O–H groups in total. The van der Waals surface area contributed by atoms with Crippen molar-refractivity contribution in [2.24, 2.45) is 0 Å². The van der Waals surface area contributed by atoms with Gasteiger partial charge in [-0.2, -0.15) is 0 Å². The van der Waals surface area contributed by atoms with Gasteiger partial charge in [0.1, 0.15) is 5.01 Å². The molecule has 2 rings (SSSR count). The van der Waals surface area contributed by atoms with Crippen LogP contribution in [0.15, 0.2) is 35.7 Å². The Hall–Kier alpha value is -2.21. The van der Waals surface area contributed by atoms with Crippen LogP contribution in [0.4, 0.5) is 0 Å². The maximum absolute atomic E-state index is 11.7. The van der Waals surface area contributed by atoms with Gasteiger partial charge in [-0.15, -0.1) is 11.3 Å². The summed E-state index contributed by atoms with van der Waals surface area (Å²) in [4.78, 5) is 27.6. The molecule has 0 saturated heterocycles. The first kappa shape index (κ1) is 14.2. The lowest BCUT2D eigenvalue weighted by Gasteiger charge is -2.05. The third-order valence-corrected chi connectivity index (χ3v) is 3.52. The van der Waals surface area contributed by atoms with Gasteiger partial charge >= 0.3 is 0 Å². The Labute approximate surface area is 121 Å². The van der Waals surface area contributed by atoms with Crippen LogP contribution in [0.25, 0.3) is 0 Å². The molecule has 0 fully saturated rings. The average Bonchev–Trinajstić information content (AvgIpc) is 2.89. The minimum atomic E-state index is -0.258. The molecule has 20 heavy (non-hydrogen) atoms. The van der Waals surface area contributed by atoms with Crippen molar-refractivity contribution in [3.05, 3.63) is 52.0 Å². The highest BCUT2D eigenvalue weighted by molar-refractivity contribution is 7.09. The molecule has 0 unspecified atom stereocenters. The van der Waals surface area contributed by atoms with Gasteiger partial charge in [-0.25, -0.2) is 4.98 Å². The highest BCUT2D eigenvalue weighted by Gasteiger charge is 2.07. The molecule has 1 aromatic carbocycles. The molecule has 0 aliphatic heterocycles. The summed E-state index contributed by atoms with van der Waals surface area (Å²) >= 11 is 1.50. The van der Waals surface area contributed by atoms with Crippen molar-refractivity contribution in [1.82, 2.24) is 15.6 Å². The van der Waals surface area contributed by atoms with E-state index in [-0.39, 0.29) is 18.4 Å². The predicted molar refractivity (Wildman–Crippen MR) is 77.5 cm³/mol. The molecule has 1 aromatic heterocycles. The summed E-state index contributed by atoms with van der Waals surface area (Å²) in [7, 11) is 0. The zero-order valence-corrected chi connectivity index (χ0v) is 11.9. The lowest BCUT2D eigenvalue weighted by molar-refractivity contribution is -0.120. The van der Waals surface area contributed by atoms with E-state index in [1.807, 2.05) is 18.4 Å². The van der Waals surface area contributed by atoms with E-state index in [1.54, 1.807) is 24.3 Å². The zero-order chi connectivity index (χ0) is 14.4. The zero-order valence-electron chi connectivity index (χ0n) is 11.1. The molecule has 5 nitrogen and oxygen atoms in total. The Bertz CT molecular complexity index is 595. The van der Waals surface area contributed by atoms with Gasteiger partial charge in [0.05, 0.1) is 13.1 Å². The summed E-state index contributed by atoms with van der Waals surface area (Å²) in [5.74, 6) is -0.493. The van der Waals surface area contributed by atoms with Crippen molar-refractivity contribution in [3.63, 3.8) is 0 Å². The fraction of sp³-hybridized carbons (Fsp3) is 0.214. The molecule has 104 valence electrons. The molecule has 2 aromatic rings. The van der Waals surface area contributed by atoms with Gasteiger partial charge in [-0.1, -0.05) is 18.2 Å². The van der Waals surface area contributed by atoms with Crippen LogP contribution in [-0.2, 0) is 11.3 Å². The standard InChI is InChI=1S/C14H15N3O2S/c1-10-9-20-13(17-10)8-15-12(18)7-16-14(19)11-5-3-2-4-6-11/h2-6,9H,7-8H2,1H3,(H,15,18)(H,16,19). The summed E-state index contributed by atoms with van der Waals surface area (Å²) in [6.45, 7) is 2.25. The number of hydrogen-bond donors (Lipinski definition) is 2. The molecule has 1 heterocycles. The van der Waals surface area contributed by atoms with Gasteiger partial charge in [0.15, 0.2) is 0 Å². The molecular formula is C14H15N3O2S. The third-order valence-electron chi connectivity index (χ3n) is 2.55. The SMILES string of the molecule is Cc1csc(CNC(=O)CNC(=O)c2ccccc2)n1. The summed E-state index contributed by atoms with van der Waals surface area (Å²) < 4.78 is 0. The van der Waals surface area contributed by atoms with Crippen LogP contribution in [0.1, 0.15) is 21.1 Å². The highest BCUT2D eigenvalue weighted by atomic mass is 32.1. The monoisotopic (exact) mass is 289 g/mol. The van der Waals surface area contributed by atoms with Gasteiger partial charge in [0.2, 0.25) is 5.91 Å². The Morgan fingerprint density at radius 2 is 1.95 bits per heavy atom. The van der Waals surface area contributed by atoms with E-state index in [9.17, 15) is 9.59 Å².